The minimum Gasteiger partial charge on any atom is -0.486 e. The molecule has 1 aliphatic carbocycles. The van der Waals surface area contributed by atoms with Gasteiger partial charge in [-0.15, -0.1) is 0 Å². The Morgan fingerprint density at radius 1 is 1.03 bits per heavy atom. The summed E-state index contributed by atoms with van der Waals surface area (Å²) in [5, 5.41) is 3.07. The molecule has 0 aromatic heterocycles. The van der Waals surface area contributed by atoms with Gasteiger partial charge in [0.05, 0.1) is 4.90 Å². The molecule has 1 amide bonds. The van der Waals surface area contributed by atoms with Gasteiger partial charge in [0.1, 0.15) is 13.2 Å². The van der Waals surface area contributed by atoms with Crippen LogP contribution in [0.4, 0.5) is 0 Å². The Hall–Kier alpha value is -2.54. The van der Waals surface area contributed by atoms with Crippen molar-refractivity contribution in [1.29, 1.82) is 0 Å². The van der Waals surface area contributed by atoms with Crippen molar-refractivity contribution in [3.05, 3.63) is 53.1 Å². The molecule has 1 saturated carbocycles. The molecular weight excluding hydrogens is 402 g/mol. The third-order valence-corrected chi connectivity index (χ3v) is 7.29. The lowest BCUT2D eigenvalue weighted by Crippen LogP contribution is -2.39. The van der Waals surface area contributed by atoms with Gasteiger partial charge in [-0.1, -0.05) is 25.0 Å². The molecule has 1 N–H and O–H groups in total. The molecule has 1 heterocycles. The zero-order valence-electron chi connectivity index (χ0n) is 17.4. The molecule has 4 rings (SSSR count). The van der Waals surface area contributed by atoms with Gasteiger partial charge in [-0.05, 0) is 55.2 Å². The van der Waals surface area contributed by atoms with Gasteiger partial charge in [0.25, 0.3) is 5.91 Å². The molecular formula is C23H27NO5S. The molecule has 160 valence electrons. The molecule has 2 aliphatic rings. The molecule has 6 nitrogen and oxygen atoms in total. The Kier molecular flexibility index (Phi) is 5.49. The van der Waals surface area contributed by atoms with Crippen LogP contribution in [-0.4, -0.2) is 40.3 Å². The average Bonchev–Trinajstić information content (AvgIpc) is 3.21. The van der Waals surface area contributed by atoms with Gasteiger partial charge in [0.2, 0.25) is 0 Å². The van der Waals surface area contributed by atoms with Crippen molar-refractivity contribution in [3.8, 4) is 11.5 Å². The maximum absolute atomic E-state index is 13.0. The predicted octanol–water partition coefficient (Wildman–Crippen LogP) is 3.41. The van der Waals surface area contributed by atoms with Gasteiger partial charge < -0.3 is 14.8 Å². The SMILES string of the molecule is Cc1ccc(S(C)(=O)=O)cc1C(=O)NCC1(c2ccc3c(c2)OCCO3)CCCC1. The van der Waals surface area contributed by atoms with E-state index in [2.05, 4.69) is 11.4 Å². The van der Waals surface area contributed by atoms with E-state index in [9.17, 15) is 13.2 Å². The molecule has 2 aromatic rings. The summed E-state index contributed by atoms with van der Waals surface area (Å²) in [5.74, 6) is 1.27. The Balaban J connectivity index is 1.57. The number of benzene rings is 2. The quantitative estimate of drug-likeness (QED) is 0.788. The second kappa shape index (κ2) is 7.95. The number of carbonyl (C=O) groups is 1. The van der Waals surface area contributed by atoms with E-state index in [1.54, 1.807) is 6.07 Å². The zero-order valence-corrected chi connectivity index (χ0v) is 18.2. The van der Waals surface area contributed by atoms with Gasteiger partial charge in [0.15, 0.2) is 21.3 Å². The first kappa shape index (κ1) is 20.7. The number of sulfone groups is 1. The number of carbonyl (C=O) groups excluding carboxylic acids is 1. The van der Waals surface area contributed by atoms with Gasteiger partial charge >= 0.3 is 0 Å². The summed E-state index contributed by atoms with van der Waals surface area (Å²) in [6.45, 7) is 3.40. The van der Waals surface area contributed by atoms with E-state index in [0.29, 0.717) is 25.3 Å². The third kappa shape index (κ3) is 4.03. The van der Waals surface area contributed by atoms with E-state index in [1.807, 2.05) is 19.1 Å². The highest BCUT2D eigenvalue weighted by Gasteiger charge is 2.37. The van der Waals surface area contributed by atoms with Crippen LogP contribution in [-0.2, 0) is 15.3 Å². The summed E-state index contributed by atoms with van der Waals surface area (Å²) < 4.78 is 35.2. The number of fused-ring (bicyclic) bond motifs is 1. The first-order valence-corrected chi connectivity index (χ1v) is 12.2. The van der Waals surface area contributed by atoms with E-state index in [4.69, 9.17) is 9.47 Å². The number of hydrogen-bond donors (Lipinski definition) is 1. The summed E-state index contributed by atoms with van der Waals surface area (Å²) in [7, 11) is -3.38. The maximum Gasteiger partial charge on any atom is 0.251 e. The summed E-state index contributed by atoms with van der Waals surface area (Å²) in [6.07, 6.45) is 5.32. The Labute approximate surface area is 177 Å². The lowest BCUT2D eigenvalue weighted by Gasteiger charge is -2.31. The Bertz CT molecular complexity index is 1070. The molecule has 1 aliphatic heterocycles. The Morgan fingerprint density at radius 2 is 1.73 bits per heavy atom. The van der Waals surface area contributed by atoms with Crippen molar-refractivity contribution < 1.29 is 22.7 Å². The van der Waals surface area contributed by atoms with Crippen molar-refractivity contribution >= 4 is 15.7 Å². The first-order chi connectivity index (χ1) is 14.3. The smallest absolute Gasteiger partial charge is 0.251 e. The van der Waals surface area contributed by atoms with Crippen LogP contribution < -0.4 is 14.8 Å². The molecule has 0 atom stereocenters. The second-order valence-electron chi connectivity index (χ2n) is 8.28. The van der Waals surface area contributed by atoms with Crippen LogP contribution in [0.15, 0.2) is 41.3 Å². The van der Waals surface area contributed by atoms with Crippen LogP contribution in [0.5, 0.6) is 11.5 Å². The standard InChI is InChI=1S/C23H27NO5S/c1-16-5-7-18(30(2,26)27)14-19(16)22(25)24-15-23(9-3-4-10-23)17-6-8-20-21(13-17)29-12-11-28-20/h5-8,13-14H,3-4,9-12,15H2,1-2H3,(H,24,25). The zero-order chi connectivity index (χ0) is 21.4. The van der Waals surface area contributed by atoms with E-state index in [1.165, 1.54) is 12.1 Å². The third-order valence-electron chi connectivity index (χ3n) is 6.18. The number of amides is 1. The fourth-order valence-corrected chi connectivity index (χ4v) is 5.06. The second-order valence-corrected chi connectivity index (χ2v) is 10.3. The van der Waals surface area contributed by atoms with Crippen molar-refractivity contribution in [2.24, 2.45) is 0 Å². The highest BCUT2D eigenvalue weighted by Crippen LogP contribution is 2.43. The minimum atomic E-state index is -3.38. The number of aryl methyl sites for hydroxylation is 1. The van der Waals surface area contributed by atoms with Crippen LogP contribution >= 0.6 is 0 Å². The molecule has 7 heteroatoms. The Morgan fingerprint density at radius 3 is 2.43 bits per heavy atom. The number of hydrogen-bond acceptors (Lipinski definition) is 5. The number of ether oxygens (including phenoxy) is 2. The molecule has 0 bridgehead atoms. The molecule has 0 saturated heterocycles. The van der Waals surface area contributed by atoms with E-state index < -0.39 is 9.84 Å². The van der Waals surface area contributed by atoms with Crippen molar-refractivity contribution in [3.63, 3.8) is 0 Å². The molecule has 30 heavy (non-hydrogen) atoms. The van der Waals surface area contributed by atoms with E-state index in [0.717, 1.165) is 54.6 Å². The average molecular weight is 430 g/mol. The van der Waals surface area contributed by atoms with E-state index in [-0.39, 0.29) is 16.2 Å². The lowest BCUT2D eigenvalue weighted by molar-refractivity contribution is 0.0942. The summed E-state index contributed by atoms with van der Waals surface area (Å²) >= 11 is 0. The van der Waals surface area contributed by atoms with Gasteiger partial charge in [-0.2, -0.15) is 0 Å². The highest BCUT2D eigenvalue weighted by atomic mass is 32.2. The van der Waals surface area contributed by atoms with Crippen LogP contribution in [0, 0.1) is 6.92 Å². The molecule has 0 unspecified atom stereocenters. The molecule has 2 aromatic carbocycles. The van der Waals surface area contributed by atoms with Gasteiger partial charge in [0, 0.05) is 23.8 Å². The molecule has 0 radical (unpaired) electrons. The highest BCUT2D eigenvalue weighted by molar-refractivity contribution is 7.90. The van der Waals surface area contributed by atoms with Crippen LogP contribution in [0.3, 0.4) is 0 Å². The monoisotopic (exact) mass is 429 g/mol. The van der Waals surface area contributed by atoms with Crippen molar-refractivity contribution in [2.75, 3.05) is 26.0 Å². The number of nitrogens with one attached hydrogen (secondary N) is 1. The predicted molar refractivity (Wildman–Crippen MR) is 114 cm³/mol. The summed E-state index contributed by atoms with van der Waals surface area (Å²) in [6, 6.07) is 10.7. The van der Waals surface area contributed by atoms with Gasteiger partial charge in [-0.3, -0.25) is 4.79 Å². The molecule has 1 fully saturated rings. The number of rotatable bonds is 5. The normalized spacial score (nSPS) is 17.5. The first-order valence-electron chi connectivity index (χ1n) is 10.3. The van der Waals surface area contributed by atoms with Crippen LogP contribution in [0.1, 0.15) is 47.2 Å². The summed E-state index contributed by atoms with van der Waals surface area (Å²) in [4.78, 5) is 13.1. The van der Waals surface area contributed by atoms with Crippen LogP contribution in [0.2, 0.25) is 0 Å². The fourth-order valence-electron chi connectivity index (χ4n) is 4.41. The van der Waals surface area contributed by atoms with Crippen LogP contribution in [0.25, 0.3) is 0 Å². The fraction of sp³-hybridized carbons (Fsp3) is 0.435. The largest absolute Gasteiger partial charge is 0.486 e. The van der Waals surface area contributed by atoms with Gasteiger partial charge in [-0.25, -0.2) is 8.42 Å². The van der Waals surface area contributed by atoms with E-state index >= 15 is 0 Å². The summed E-state index contributed by atoms with van der Waals surface area (Å²) in [5.41, 5.74) is 2.13. The lowest BCUT2D eigenvalue weighted by atomic mass is 9.78. The topological polar surface area (TPSA) is 81.7 Å². The maximum atomic E-state index is 13.0. The molecule has 0 spiro atoms. The van der Waals surface area contributed by atoms with Crippen molar-refractivity contribution in [2.45, 2.75) is 42.9 Å². The van der Waals surface area contributed by atoms with Crippen molar-refractivity contribution in [1.82, 2.24) is 5.32 Å². The minimum absolute atomic E-state index is 0.153.